The highest BCUT2D eigenvalue weighted by molar-refractivity contribution is 7.15. The Balaban J connectivity index is 1.99. The number of aromatic nitrogens is 3. The highest BCUT2D eigenvalue weighted by atomic mass is 32.1. The minimum atomic E-state index is 0.364. The molecule has 0 spiro atoms. The predicted octanol–water partition coefficient (Wildman–Crippen LogP) is 2.57. The maximum absolute atomic E-state index is 4.52. The van der Waals surface area contributed by atoms with Gasteiger partial charge >= 0.3 is 0 Å². The van der Waals surface area contributed by atoms with Crippen molar-refractivity contribution in [2.24, 2.45) is 7.05 Å². The van der Waals surface area contributed by atoms with Crippen LogP contribution < -0.4 is 10.2 Å². The average Bonchev–Trinajstić information content (AvgIpc) is 3.06. The molecular formula is C14H23N5S. The van der Waals surface area contributed by atoms with Crippen LogP contribution in [0.1, 0.15) is 37.0 Å². The van der Waals surface area contributed by atoms with Crippen molar-refractivity contribution in [1.29, 1.82) is 0 Å². The van der Waals surface area contributed by atoms with Crippen LogP contribution in [0.3, 0.4) is 0 Å². The van der Waals surface area contributed by atoms with E-state index in [0.717, 1.165) is 30.5 Å². The van der Waals surface area contributed by atoms with E-state index in [2.05, 4.69) is 41.1 Å². The van der Waals surface area contributed by atoms with E-state index in [1.165, 1.54) is 4.88 Å². The first kappa shape index (κ1) is 15.0. The van der Waals surface area contributed by atoms with Crippen molar-refractivity contribution in [3.63, 3.8) is 0 Å². The Morgan fingerprint density at radius 2 is 2.25 bits per heavy atom. The normalized spacial score (nSPS) is 12.6. The number of hydrogen-bond acceptors (Lipinski definition) is 5. The number of rotatable bonds is 7. The van der Waals surface area contributed by atoms with Crippen molar-refractivity contribution >= 4 is 16.5 Å². The minimum Gasteiger partial charge on any atom is -0.344 e. The molecule has 0 saturated carbocycles. The summed E-state index contributed by atoms with van der Waals surface area (Å²) in [4.78, 5) is 12.3. The standard InChI is InChI=1S/C14H23N5S/c1-5-6-15-11(2)12-9-17-14(20-12)19(4)10-13-16-7-8-18(13)3/h7-9,11,15H,5-6,10H2,1-4H3. The first-order valence-corrected chi connectivity index (χ1v) is 7.80. The summed E-state index contributed by atoms with van der Waals surface area (Å²) in [6.07, 6.45) is 6.91. The van der Waals surface area contributed by atoms with E-state index in [1.54, 1.807) is 11.3 Å². The molecule has 0 aliphatic rings. The lowest BCUT2D eigenvalue weighted by molar-refractivity contribution is 0.577. The molecule has 1 unspecified atom stereocenters. The van der Waals surface area contributed by atoms with Gasteiger partial charge in [-0.15, -0.1) is 11.3 Å². The molecule has 2 aromatic heterocycles. The van der Waals surface area contributed by atoms with E-state index in [-0.39, 0.29) is 0 Å². The van der Waals surface area contributed by atoms with Crippen LogP contribution >= 0.6 is 11.3 Å². The molecule has 0 aromatic carbocycles. The fraction of sp³-hybridized carbons (Fsp3) is 0.571. The van der Waals surface area contributed by atoms with Crippen molar-refractivity contribution < 1.29 is 0 Å². The van der Waals surface area contributed by atoms with E-state index in [4.69, 9.17) is 0 Å². The molecule has 0 aliphatic carbocycles. The maximum atomic E-state index is 4.52. The topological polar surface area (TPSA) is 46.0 Å². The summed E-state index contributed by atoms with van der Waals surface area (Å²) in [6.45, 7) is 6.18. The molecule has 5 nitrogen and oxygen atoms in total. The molecular weight excluding hydrogens is 270 g/mol. The molecule has 20 heavy (non-hydrogen) atoms. The molecule has 110 valence electrons. The van der Waals surface area contributed by atoms with Gasteiger partial charge in [0.1, 0.15) is 5.82 Å². The van der Waals surface area contributed by atoms with E-state index >= 15 is 0 Å². The molecule has 2 rings (SSSR count). The number of thiazole rings is 1. The third-order valence-corrected chi connectivity index (χ3v) is 4.56. The minimum absolute atomic E-state index is 0.364. The van der Waals surface area contributed by atoms with Crippen LogP contribution in [0.25, 0.3) is 0 Å². The van der Waals surface area contributed by atoms with Crippen LogP contribution in [0.2, 0.25) is 0 Å². The van der Waals surface area contributed by atoms with Gasteiger partial charge in [-0.2, -0.15) is 0 Å². The molecule has 6 heteroatoms. The Morgan fingerprint density at radius 1 is 1.45 bits per heavy atom. The number of anilines is 1. The highest BCUT2D eigenvalue weighted by Gasteiger charge is 2.13. The Kier molecular flexibility index (Phi) is 5.14. The van der Waals surface area contributed by atoms with Crippen molar-refractivity contribution in [2.45, 2.75) is 32.9 Å². The zero-order valence-electron chi connectivity index (χ0n) is 12.6. The molecule has 2 heterocycles. The summed E-state index contributed by atoms with van der Waals surface area (Å²) in [5.41, 5.74) is 0. The van der Waals surface area contributed by atoms with Gasteiger partial charge in [0.15, 0.2) is 5.13 Å². The first-order valence-electron chi connectivity index (χ1n) is 6.98. The van der Waals surface area contributed by atoms with Gasteiger partial charge in [0.05, 0.1) is 6.54 Å². The average molecular weight is 293 g/mol. The van der Waals surface area contributed by atoms with Gasteiger partial charge in [0, 0.05) is 43.6 Å². The number of aryl methyl sites for hydroxylation is 1. The lowest BCUT2D eigenvalue weighted by Crippen LogP contribution is -2.19. The lowest BCUT2D eigenvalue weighted by Gasteiger charge is -2.15. The van der Waals surface area contributed by atoms with Gasteiger partial charge in [0.2, 0.25) is 0 Å². The van der Waals surface area contributed by atoms with Crippen molar-refractivity contribution in [3.05, 3.63) is 29.3 Å². The second-order valence-electron chi connectivity index (χ2n) is 5.03. The Bertz CT molecular complexity index is 533. The summed E-state index contributed by atoms with van der Waals surface area (Å²) < 4.78 is 2.04. The third-order valence-electron chi connectivity index (χ3n) is 3.26. The summed E-state index contributed by atoms with van der Waals surface area (Å²) in [7, 11) is 4.07. The second-order valence-corrected chi connectivity index (χ2v) is 6.07. The molecule has 0 aliphatic heterocycles. The fourth-order valence-corrected chi connectivity index (χ4v) is 2.85. The van der Waals surface area contributed by atoms with E-state index in [1.807, 2.05) is 30.2 Å². The monoisotopic (exact) mass is 293 g/mol. The van der Waals surface area contributed by atoms with Gasteiger partial charge in [-0.05, 0) is 19.9 Å². The van der Waals surface area contributed by atoms with Crippen molar-refractivity contribution in [1.82, 2.24) is 19.9 Å². The summed E-state index contributed by atoms with van der Waals surface area (Å²) in [5, 5.41) is 4.53. The quantitative estimate of drug-likeness (QED) is 0.852. The number of nitrogens with zero attached hydrogens (tertiary/aromatic N) is 4. The first-order chi connectivity index (χ1) is 9.61. The molecule has 0 bridgehead atoms. The van der Waals surface area contributed by atoms with Crippen LogP contribution in [0, 0.1) is 0 Å². The summed E-state index contributed by atoms with van der Waals surface area (Å²) >= 11 is 1.74. The second kappa shape index (κ2) is 6.85. The number of imidazole rings is 1. The van der Waals surface area contributed by atoms with Gasteiger partial charge in [0.25, 0.3) is 0 Å². The lowest BCUT2D eigenvalue weighted by atomic mass is 10.3. The molecule has 2 aromatic rings. The molecule has 1 atom stereocenters. The van der Waals surface area contributed by atoms with E-state index in [0.29, 0.717) is 6.04 Å². The van der Waals surface area contributed by atoms with Gasteiger partial charge < -0.3 is 14.8 Å². The van der Waals surface area contributed by atoms with Crippen LogP contribution in [0.15, 0.2) is 18.6 Å². The van der Waals surface area contributed by atoms with Crippen LogP contribution in [-0.4, -0.2) is 28.1 Å². The molecule has 0 saturated heterocycles. The summed E-state index contributed by atoms with van der Waals surface area (Å²) in [5.74, 6) is 1.04. The van der Waals surface area contributed by atoms with E-state index < -0.39 is 0 Å². The van der Waals surface area contributed by atoms with Gasteiger partial charge in [-0.3, -0.25) is 0 Å². The molecule has 0 fully saturated rings. The Hall–Kier alpha value is -1.40. The van der Waals surface area contributed by atoms with Crippen molar-refractivity contribution in [2.75, 3.05) is 18.5 Å². The SMILES string of the molecule is CCCNC(C)c1cnc(N(C)Cc2nccn2C)s1. The zero-order chi connectivity index (χ0) is 14.5. The van der Waals surface area contributed by atoms with Crippen molar-refractivity contribution in [3.8, 4) is 0 Å². The van der Waals surface area contributed by atoms with Crippen LogP contribution in [0.5, 0.6) is 0 Å². The zero-order valence-corrected chi connectivity index (χ0v) is 13.4. The number of nitrogens with one attached hydrogen (secondary N) is 1. The van der Waals surface area contributed by atoms with Gasteiger partial charge in [-0.1, -0.05) is 6.92 Å². The summed E-state index contributed by atoms with van der Waals surface area (Å²) in [6, 6.07) is 0.364. The van der Waals surface area contributed by atoms with E-state index in [9.17, 15) is 0 Å². The molecule has 1 N–H and O–H groups in total. The van der Waals surface area contributed by atoms with Gasteiger partial charge in [-0.25, -0.2) is 9.97 Å². The smallest absolute Gasteiger partial charge is 0.185 e. The Morgan fingerprint density at radius 3 is 2.90 bits per heavy atom. The number of hydrogen-bond donors (Lipinski definition) is 1. The van der Waals surface area contributed by atoms with Crippen LogP contribution in [0.4, 0.5) is 5.13 Å². The highest BCUT2D eigenvalue weighted by Crippen LogP contribution is 2.27. The largest absolute Gasteiger partial charge is 0.344 e. The predicted molar refractivity (Wildman–Crippen MR) is 84.1 cm³/mol. The van der Waals surface area contributed by atoms with Crippen LogP contribution in [-0.2, 0) is 13.6 Å². The Labute approximate surface area is 124 Å². The molecule has 0 amide bonds. The third kappa shape index (κ3) is 3.58. The maximum Gasteiger partial charge on any atom is 0.185 e. The molecule has 0 radical (unpaired) electrons. The fourth-order valence-electron chi connectivity index (χ4n) is 1.94.